The zero-order valence-corrected chi connectivity index (χ0v) is 12.9. The molecule has 0 saturated heterocycles. The molecule has 2 rings (SSSR count). The van der Waals surface area contributed by atoms with Gasteiger partial charge in [-0.15, -0.1) is 11.6 Å². The smallest absolute Gasteiger partial charge is 0.242 e. The van der Waals surface area contributed by atoms with Gasteiger partial charge in [-0.25, -0.2) is 4.98 Å². The molecule has 0 bridgehead atoms. The number of rotatable bonds is 5. The highest BCUT2D eigenvalue weighted by molar-refractivity contribution is 6.17. The number of benzene rings is 1. The largest absolute Gasteiger partial charge is 0.354 e. The number of fused-ring (bicyclic) bond motifs is 1. The number of aryl methyl sites for hydroxylation is 1. The Balaban J connectivity index is 2.48. The van der Waals surface area contributed by atoms with Gasteiger partial charge in [0, 0.05) is 6.54 Å². The second kappa shape index (κ2) is 6.27. The number of alkyl halides is 1. The number of nitrogens with zero attached hydrogens (tertiary/aromatic N) is 2. The topological polar surface area (TPSA) is 46.9 Å². The summed E-state index contributed by atoms with van der Waals surface area (Å²) in [7, 11) is 0. The number of hydrogen-bond donors (Lipinski definition) is 1. The van der Waals surface area contributed by atoms with Crippen molar-refractivity contribution in [1.29, 1.82) is 0 Å². The van der Waals surface area contributed by atoms with Crippen LogP contribution in [0, 0.1) is 6.92 Å². The van der Waals surface area contributed by atoms with E-state index in [0.29, 0.717) is 12.4 Å². The summed E-state index contributed by atoms with van der Waals surface area (Å²) in [6.07, 6.45) is 0.921. The van der Waals surface area contributed by atoms with Crippen LogP contribution in [-0.2, 0) is 10.7 Å². The van der Waals surface area contributed by atoms with E-state index >= 15 is 0 Å². The quantitative estimate of drug-likeness (QED) is 0.861. The highest BCUT2D eigenvalue weighted by Crippen LogP contribution is 2.25. The number of nitrogens with one attached hydrogen (secondary N) is 1. The maximum atomic E-state index is 12.2. The van der Waals surface area contributed by atoms with Crippen LogP contribution < -0.4 is 5.32 Å². The number of amides is 1. The predicted octanol–water partition coefficient (Wildman–Crippen LogP) is 3.17. The minimum Gasteiger partial charge on any atom is -0.354 e. The summed E-state index contributed by atoms with van der Waals surface area (Å²) in [4.78, 5) is 16.7. The van der Waals surface area contributed by atoms with Crippen molar-refractivity contribution >= 4 is 28.5 Å². The van der Waals surface area contributed by atoms with Crippen LogP contribution in [0.2, 0.25) is 0 Å². The van der Waals surface area contributed by atoms with Gasteiger partial charge in [-0.1, -0.05) is 19.1 Å². The van der Waals surface area contributed by atoms with E-state index in [1.807, 2.05) is 43.5 Å². The molecule has 1 N–H and O–H groups in total. The maximum Gasteiger partial charge on any atom is 0.242 e. The lowest BCUT2D eigenvalue weighted by molar-refractivity contribution is -0.123. The van der Waals surface area contributed by atoms with E-state index in [9.17, 15) is 4.79 Å². The lowest BCUT2D eigenvalue weighted by Gasteiger charge is -2.17. The first kappa shape index (κ1) is 14.9. The first-order valence-electron chi connectivity index (χ1n) is 6.90. The van der Waals surface area contributed by atoms with Crippen molar-refractivity contribution in [2.24, 2.45) is 0 Å². The molecule has 4 nitrogen and oxygen atoms in total. The number of carbonyl (C=O) groups is 1. The van der Waals surface area contributed by atoms with Crippen LogP contribution in [-0.4, -0.2) is 22.0 Å². The Bertz CT molecular complexity index is 621. The molecule has 0 saturated carbocycles. The molecule has 20 heavy (non-hydrogen) atoms. The van der Waals surface area contributed by atoms with Gasteiger partial charge in [0.25, 0.3) is 0 Å². The van der Waals surface area contributed by atoms with Crippen molar-refractivity contribution in [2.45, 2.75) is 39.1 Å². The monoisotopic (exact) mass is 293 g/mol. The molecule has 1 atom stereocenters. The molecule has 0 aliphatic heterocycles. The fourth-order valence-electron chi connectivity index (χ4n) is 2.39. The highest BCUT2D eigenvalue weighted by Gasteiger charge is 2.21. The van der Waals surface area contributed by atoms with Gasteiger partial charge in [0.05, 0.1) is 16.9 Å². The van der Waals surface area contributed by atoms with E-state index in [4.69, 9.17) is 11.6 Å². The van der Waals surface area contributed by atoms with Gasteiger partial charge < -0.3 is 9.88 Å². The summed E-state index contributed by atoms with van der Waals surface area (Å²) in [5, 5.41) is 2.93. The number of para-hydroxylation sites is 1. The van der Waals surface area contributed by atoms with Gasteiger partial charge in [0.1, 0.15) is 11.9 Å². The lowest BCUT2D eigenvalue weighted by Crippen LogP contribution is -2.32. The summed E-state index contributed by atoms with van der Waals surface area (Å²) >= 11 is 5.99. The third-order valence-electron chi connectivity index (χ3n) is 3.42. The van der Waals surface area contributed by atoms with Crippen LogP contribution in [0.5, 0.6) is 0 Å². The Morgan fingerprint density at radius 1 is 1.50 bits per heavy atom. The zero-order chi connectivity index (χ0) is 14.7. The lowest BCUT2D eigenvalue weighted by atomic mass is 10.2. The van der Waals surface area contributed by atoms with E-state index in [-0.39, 0.29) is 11.9 Å². The predicted molar refractivity (Wildman–Crippen MR) is 82.0 cm³/mol. The van der Waals surface area contributed by atoms with Crippen molar-refractivity contribution in [3.63, 3.8) is 0 Å². The number of aromatic nitrogens is 2. The molecular formula is C15H20ClN3O. The summed E-state index contributed by atoms with van der Waals surface area (Å²) in [6.45, 7) is 6.63. The zero-order valence-electron chi connectivity index (χ0n) is 12.1. The molecule has 1 aromatic carbocycles. The Hall–Kier alpha value is -1.55. The molecule has 0 aliphatic rings. The van der Waals surface area contributed by atoms with E-state index < -0.39 is 0 Å². The second-order valence-electron chi connectivity index (χ2n) is 4.94. The highest BCUT2D eigenvalue weighted by atomic mass is 35.5. The molecule has 0 spiro atoms. The van der Waals surface area contributed by atoms with Crippen molar-refractivity contribution < 1.29 is 4.79 Å². The summed E-state index contributed by atoms with van der Waals surface area (Å²) in [5.41, 5.74) is 2.97. The summed E-state index contributed by atoms with van der Waals surface area (Å²) in [6, 6.07) is 5.62. The first-order valence-corrected chi connectivity index (χ1v) is 7.43. The SMILES string of the molecule is CCCNC(=O)C(C)n1c(CCl)nc2cccc(C)c21. The molecule has 0 fully saturated rings. The molecule has 0 radical (unpaired) electrons. The average molecular weight is 294 g/mol. The first-order chi connectivity index (χ1) is 9.60. The van der Waals surface area contributed by atoms with Crippen LogP contribution in [0.15, 0.2) is 18.2 Å². The number of imidazole rings is 1. The van der Waals surface area contributed by atoms with E-state index in [2.05, 4.69) is 10.3 Å². The van der Waals surface area contributed by atoms with Crippen molar-refractivity contribution in [3.05, 3.63) is 29.6 Å². The molecule has 2 aromatic rings. The van der Waals surface area contributed by atoms with Crippen LogP contribution >= 0.6 is 11.6 Å². The standard InChI is InChI=1S/C15H20ClN3O/c1-4-8-17-15(20)11(3)19-13(9-16)18-12-7-5-6-10(2)14(12)19/h5-7,11H,4,8-9H2,1-3H3,(H,17,20). The van der Waals surface area contributed by atoms with E-state index in [1.165, 1.54) is 0 Å². The fraction of sp³-hybridized carbons (Fsp3) is 0.467. The molecule has 5 heteroatoms. The average Bonchev–Trinajstić information content (AvgIpc) is 2.83. The molecule has 108 valence electrons. The molecule has 1 unspecified atom stereocenters. The fourth-order valence-corrected chi connectivity index (χ4v) is 2.58. The molecule has 1 amide bonds. The Morgan fingerprint density at radius 3 is 2.90 bits per heavy atom. The Kier molecular flexibility index (Phi) is 4.65. The van der Waals surface area contributed by atoms with Crippen LogP contribution in [0.3, 0.4) is 0 Å². The van der Waals surface area contributed by atoms with Crippen molar-refractivity contribution in [3.8, 4) is 0 Å². The van der Waals surface area contributed by atoms with Gasteiger partial charge in [0.15, 0.2) is 0 Å². The minimum absolute atomic E-state index is 0.000713. The molecular weight excluding hydrogens is 274 g/mol. The van der Waals surface area contributed by atoms with E-state index in [1.54, 1.807) is 0 Å². The van der Waals surface area contributed by atoms with Crippen LogP contribution in [0.1, 0.15) is 37.7 Å². The van der Waals surface area contributed by atoms with Gasteiger partial charge in [-0.05, 0) is 31.9 Å². The third-order valence-corrected chi connectivity index (χ3v) is 3.66. The van der Waals surface area contributed by atoms with Gasteiger partial charge >= 0.3 is 0 Å². The molecule has 1 aromatic heterocycles. The summed E-state index contributed by atoms with van der Waals surface area (Å²) in [5.74, 6) is 1.02. The molecule has 0 aliphatic carbocycles. The maximum absolute atomic E-state index is 12.2. The second-order valence-corrected chi connectivity index (χ2v) is 5.21. The Labute approximate surface area is 124 Å². The van der Waals surface area contributed by atoms with Gasteiger partial charge in [-0.3, -0.25) is 4.79 Å². The summed E-state index contributed by atoms with van der Waals surface area (Å²) < 4.78 is 1.95. The number of halogens is 1. The van der Waals surface area contributed by atoms with E-state index in [0.717, 1.165) is 28.8 Å². The minimum atomic E-state index is -0.318. The van der Waals surface area contributed by atoms with Crippen molar-refractivity contribution in [2.75, 3.05) is 6.54 Å². The Morgan fingerprint density at radius 2 is 2.25 bits per heavy atom. The van der Waals surface area contributed by atoms with Gasteiger partial charge in [0.2, 0.25) is 5.91 Å². The number of hydrogen-bond acceptors (Lipinski definition) is 2. The third kappa shape index (κ3) is 2.66. The normalized spacial score (nSPS) is 12.6. The van der Waals surface area contributed by atoms with Crippen molar-refractivity contribution in [1.82, 2.24) is 14.9 Å². The van der Waals surface area contributed by atoms with Crippen LogP contribution in [0.4, 0.5) is 0 Å². The van der Waals surface area contributed by atoms with Crippen LogP contribution in [0.25, 0.3) is 11.0 Å². The molecule has 1 heterocycles. The number of carbonyl (C=O) groups excluding carboxylic acids is 1. The van der Waals surface area contributed by atoms with Gasteiger partial charge in [-0.2, -0.15) is 0 Å².